The lowest BCUT2D eigenvalue weighted by Gasteiger charge is -2.05. The second kappa shape index (κ2) is 4.97. The molecule has 0 aliphatic rings. The number of halogens is 1. The SMILES string of the molecule is Cn1nnc2c(COc3cccc(Br)n3)cccc21. The molecule has 0 spiro atoms. The Hall–Kier alpha value is -1.95. The molecule has 0 N–H and O–H groups in total. The fourth-order valence-corrected chi connectivity index (χ4v) is 2.18. The molecule has 1 aromatic carbocycles. The zero-order chi connectivity index (χ0) is 13.2. The highest BCUT2D eigenvalue weighted by atomic mass is 79.9. The summed E-state index contributed by atoms with van der Waals surface area (Å²) in [5, 5.41) is 8.16. The molecule has 96 valence electrons. The average molecular weight is 319 g/mol. The van der Waals surface area contributed by atoms with Gasteiger partial charge in [-0.2, -0.15) is 0 Å². The molecule has 3 rings (SSSR count). The molecule has 3 aromatic rings. The van der Waals surface area contributed by atoms with E-state index >= 15 is 0 Å². The summed E-state index contributed by atoms with van der Waals surface area (Å²) in [6.45, 7) is 0.416. The molecule has 0 fully saturated rings. The smallest absolute Gasteiger partial charge is 0.214 e. The van der Waals surface area contributed by atoms with Crippen molar-refractivity contribution in [3.8, 4) is 5.88 Å². The molecule has 0 saturated heterocycles. The molecule has 0 atom stereocenters. The summed E-state index contributed by atoms with van der Waals surface area (Å²) < 4.78 is 8.17. The maximum atomic E-state index is 5.67. The Morgan fingerprint density at radius 3 is 2.89 bits per heavy atom. The van der Waals surface area contributed by atoms with Crippen molar-refractivity contribution in [1.29, 1.82) is 0 Å². The summed E-state index contributed by atoms with van der Waals surface area (Å²) in [6, 6.07) is 11.5. The van der Waals surface area contributed by atoms with Crippen molar-refractivity contribution in [1.82, 2.24) is 20.0 Å². The fourth-order valence-electron chi connectivity index (χ4n) is 1.85. The minimum atomic E-state index is 0.416. The number of benzene rings is 1. The number of rotatable bonds is 3. The van der Waals surface area contributed by atoms with Crippen LogP contribution in [0.3, 0.4) is 0 Å². The molecular weight excluding hydrogens is 308 g/mol. The molecule has 2 aromatic heterocycles. The van der Waals surface area contributed by atoms with E-state index < -0.39 is 0 Å². The first-order chi connectivity index (χ1) is 9.24. The number of nitrogens with zero attached hydrogens (tertiary/aromatic N) is 4. The minimum absolute atomic E-state index is 0.416. The van der Waals surface area contributed by atoms with Gasteiger partial charge in [0.15, 0.2) is 0 Å². The molecule has 19 heavy (non-hydrogen) atoms. The molecule has 2 heterocycles. The largest absolute Gasteiger partial charge is 0.473 e. The lowest BCUT2D eigenvalue weighted by molar-refractivity contribution is 0.294. The number of aromatic nitrogens is 4. The van der Waals surface area contributed by atoms with Crippen molar-refractivity contribution in [3.63, 3.8) is 0 Å². The molecule has 0 aliphatic carbocycles. The first-order valence-corrected chi connectivity index (χ1v) is 6.56. The number of hydrogen-bond acceptors (Lipinski definition) is 4. The second-order valence-electron chi connectivity index (χ2n) is 4.09. The van der Waals surface area contributed by atoms with Crippen LogP contribution >= 0.6 is 15.9 Å². The summed E-state index contributed by atoms with van der Waals surface area (Å²) in [5.41, 5.74) is 2.84. The van der Waals surface area contributed by atoms with E-state index in [1.165, 1.54) is 0 Å². The monoisotopic (exact) mass is 318 g/mol. The Bertz CT molecular complexity index is 725. The van der Waals surface area contributed by atoms with E-state index in [2.05, 4.69) is 31.2 Å². The normalized spacial score (nSPS) is 10.8. The van der Waals surface area contributed by atoms with Crippen molar-refractivity contribution < 1.29 is 4.74 Å². The highest BCUT2D eigenvalue weighted by Gasteiger charge is 2.07. The van der Waals surface area contributed by atoms with Crippen LogP contribution < -0.4 is 4.74 Å². The van der Waals surface area contributed by atoms with Gasteiger partial charge in [-0.15, -0.1) is 5.10 Å². The number of aryl methyl sites for hydroxylation is 1. The van der Waals surface area contributed by atoms with Crippen LogP contribution in [0.2, 0.25) is 0 Å². The molecule has 5 nitrogen and oxygen atoms in total. The van der Waals surface area contributed by atoms with Gasteiger partial charge in [0.25, 0.3) is 0 Å². The zero-order valence-electron chi connectivity index (χ0n) is 10.2. The van der Waals surface area contributed by atoms with Gasteiger partial charge in [-0.25, -0.2) is 9.67 Å². The third-order valence-corrected chi connectivity index (χ3v) is 3.23. The predicted molar refractivity (Wildman–Crippen MR) is 74.8 cm³/mol. The van der Waals surface area contributed by atoms with E-state index in [-0.39, 0.29) is 0 Å². The number of fused-ring (bicyclic) bond motifs is 1. The fraction of sp³-hybridized carbons (Fsp3) is 0.154. The van der Waals surface area contributed by atoms with Crippen LogP contribution in [0.5, 0.6) is 5.88 Å². The van der Waals surface area contributed by atoms with Crippen molar-refractivity contribution >= 4 is 27.0 Å². The summed E-state index contributed by atoms with van der Waals surface area (Å²) in [4.78, 5) is 4.23. The maximum Gasteiger partial charge on any atom is 0.214 e. The van der Waals surface area contributed by atoms with Gasteiger partial charge in [-0.05, 0) is 28.1 Å². The Labute approximate surface area is 118 Å². The highest BCUT2D eigenvalue weighted by molar-refractivity contribution is 9.10. The number of pyridine rings is 1. The van der Waals surface area contributed by atoms with E-state index in [4.69, 9.17) is 4.74 Å². The first-order valence-electron chi connectivity index (χ1n) is 5.77. The Morgan fingerprint density at radius 1 is 1.21 bits per heavy atom. The van der Waals surface area contributed by atoms with Crippen molar-refractivity contribution in [2.75, 3.05) is 0 Å². The van der Waals surface area contributed by atoms with Gasteiger partial charge in [-0.1, -0.05) is 23.4 Å². The van der Waals surface area contributed by atoms with Crippen LogP contribution in [-0.2, 0) is 13.7 Å². The van der Waals surface area contributed by atoms with Crippen molar-refractivity contribution in [2.24, 2.45) is 7.05 Å². The van der Waals surface area contributed by atoms with Crippen molar-refractivity contribution in [2.45, 2.75) is 6.61 Å². The molecular formula is C13H11BrN4O. The lowest BCUT2D eigenvalue weighted by atomic mass is 10.2. The maximum absolute atomic E-state index is 5.67. The topological polar surface area (TPSA) is 52.8 Å². The number of ether oxygens (including phenoxy) is 1. The quantitative estimate of drug-likeness (QED) is 0.697. The molecule has 6 heteroatoms. The molecule has 0 bridgehead atoms. The van der Waals surface area contributed by atoms with Crippen molar-refractivity contribution in [3.05, 3.63) is 46.6 Å². The van der Waals surface area contributed by atoms with Crippen LogP contribution in [-0.4, -0.2) is 20.0 Å². The zero-order valence-corrected chi connectivity index (χ0v) is 11.8. The summed E-state index contributed by atoms with van der Waals surface area (Å²) in [6.07, 6.45) is 0. The lowest BCUT2D eigenvalue weighted by Crippen LogP contribution is -1.98. The van der Waals surface area contributed by atoms with Gasteiger partial charge in [0, 0.05) is 18.7 Å². The molecule has 0 amide bonds. The Balaban J connectivity index is 1.86. The molecule has 0 saturated carbocycles. The second-order valence-corrected chi connectivity index (χ2v) is 4.90. The van der Waals surface area contributed by atoms with Crippen LogP contribution in [0.4, 0.5) is 0 Å². The average Bonchev–Trinajstić information content (AvgIpc) is 2.79. The molecule has 0 unspecified atom stereocenters. The van der Waals surface area contributed by atoms with Gasteiger partial charge in [0.2, 0.25) is 5.88 Å². The van der Waals surface area contributed by atoms with Crippen LogP contribution in [0, 0.1) is 0 Å². The third kappa shape index (κ3) is 2.44. The van der Waals surface area contributed by atoms with Gasteiger partial charge < -0.3 is 4.74 Å². The molecule has 0 radical (unpaired) electrons. The first kappa shape index (κ1) is 12.1. The Kier molecular flexibility index (Phi) is 3.16. The van der Waals surface area contributed by atoms with Crippen LogP contribution in [0.15, 0.2) is 41.0 Å². The number of hydrogen-bond donors (Lipinski definition) is 0. The van der Waals surface area contributed by atoms with Crippen LogP contribution in [0.25, 0.3) is 11.0 Å². The van der Waals surface area contributed by atoms with Gasteiger partial charge in [0.1, 0.15) is 16.7 Å². The Morgan fingerprint density at radius 2 is 2.05 bits per heavy atom. The summed E-state index contributed by atoms with van der Waals surface area (Å²) in [7, 11) is 1.87. The minimum Gasteiger partial charge on any atom is -0.473 e. The van der Waals surface area contributed by atoms with E-state index in [1.54, 1.807) is 4.68 Å². The third-order valence-electron chi connectivity index (χ3n) is 2.79. The standard InChI is InChI=1S/C13H11BrN4O/c1-18-10-5-2-4-9(13(10)16-17-18)8-19-12-7-3-6-11(14)15-12/h2-7H,8H2,1H3. The van der Waals surface area contributed by atoms with E-state index in [0.717, 1.165) is 21.2 Å². The predicted octanol–water partition coefficient (Wildman–Crippen LogP) is 2.70. The molecule has 0 aliphatic heterocycles. The van der Waals surface area contributed by atoms with Gasteiger partial charge >= 0.3 is 0 Å². The van der Waals surface area contributed by atoms with Gasteiger partial charge in [0.05, 0.1) is 5.52 Å². The van der Waals surface area contributed by atoms with Gasteiger partial charge in [-0.3, -0.25) is 0 Å². The van der Waals surface area contributed by atoms with Crippen LogP contribution in [0.1, 0.15) is 5.56 Å². The van der Waals surface area contributed by atoms with E-state index in [0.29, 0.717) is 12.5 Å². The highest BCUT2D eigenvalue weighted by Crippen LogP contribution is 2.18. The summed E-state index contributed by atoms with van der Waals surface area (Å²) >= 11 is 3.31. The summed E-state index contributed by atoms with van der Waals surface area (Å²) in [5.74, 6) is 0.579. The van der Waals surface area contributed by atoms with E-state index in [9.17, 15) is 0 Å². The van der Waals surface area contributed by atoms with E-state index in [1.807, 2.05) is 43.4 Å².